The number of carbonyl (C=O) groups is 1. The topological polar surface area (TPSA) is 55.8 Å². The van der Waals surface area contributed by atoms with E-state index in [0.717, 1.165) is 5.56 Å². The smallest absolute Gasteiger partial charge is 0.309 e. The summed E-state index contributed by atoms with van der Waals surface area (Å²) in [6.07, 6.45) is 0.363. The number of rotatable bonds is 6. The maximum absolute atomic E-state index is 11.2. The van der Waals surface area contributed by atoms with E-state index in [-0.39, 0.29) is 0 Å². The Kier molecular flexibility index (Phi) is 4.59. The molecule has 0 saturated carbocycles. The molecule has 0 aliphatic heterocycles. The number of carboxylic acid groups (broad SMARTS) is 1. The molecule has 0 saturated heterocycles. The third-order valence-corrected chi connectivity index (χ3v) is 2.81. The number of methoxy groups -OCH3 is 1. The summed E-state index contributed by atoms with van der Waals surface area (Å²) >= 11 is 0. The van der Waals surface area contributed by atoms with Crippen molar-refractivity contribution < 1.29 is 19.4 Å². The second-order valence-electron chi connectivity index (χ2n) is 4.74. The molecule has 0 unspecified atom stereocenters. The van der Waals surface area contributed by atoms with Crippen LogP contribution in [0.3, 0.4) is 0 Å². The van der Waals surface area contributed by atoms with Crippen molar-refractivity contribution in [2.24, 2.45) is 5.41 Å². The average Bonchev–Trinajstić information content (AvgIpc) is 2.31. The van der Waals surface area contributed by atoms with Crippen LogP contribution in [0.2, 0.25) is 0 Å². The van der Waals surface area contributed by atoms with E-state index in [1.807, 2.05) is 25.1 Å². The Morgan fingerprint density at radius 1 is 1.33 bits per heavy atom. The molecule has 0 fully saturated rings. The lowest BCUT2D eigenvalue weighted by molar-refractivity contribution is -0.146. The van der Waals surface area contributed by atoms with Crippen molar-refractivity contribution in [1.29, 1.82) is 0 Å². The van der Waals surface area contributed by atoms with Gasteiger partial charge in [0.15, 0.2) is 0 Å². The van der Waals surface area contributed by atoms with Gasteiger partial charge in [-0.15, -0.1) is 0 Å². The Labute approximate surface area is 108 Å². The molecular weight excluding hydrogens is 232 g/mol. The molecule has 4 nitrogen and oxygen atoms in total. The Hall–Kier alpha value is -1.71. The molecule has 1 rings (SSSR count). The number of hydrogen-bond donors (Lipinski definition) is 1. The van der Waals surface area contributed by atoms with Gasteiger partial charge in [-0.25, -0.2) is 0 Å². The van der Waals surface area contributed by atoms with Gasteiger partial charge in [-0.2, -0.15) is 0 Å². The number of ether oxygens (including phenoxy) is 2. The standard InChI is InChI=1S/C14H20O4/c1-5-18-12-8-6-7-11(17-4)10(12)9-14(2,3)13(15)16/h6-8H,5,9H2,1-4H3,(H,15,16). The normalized spacial score (nSPS) is 11.1. The lowest BCUT2D eigenvalue weighted by atomic mass is 9.85. The molecule has 0 atom stereocenters. The van der Waals surface area contributed by atoms with Crippen LogP contribution in [0, 0.1) is 5.41 Å². The van der Waals surface area contributed by atoms with Gasteiger partial charge in [0, 0.05) is 5.56 Å². The SMILES string of the molecule is CCOc1cccc(OC)c1CC(C)(C)C(=O)O. The van der Waals surface area contributed by atoms with Gasteiger partial charge in [-0.05, 0) is 39.3 Å². The minimum absolute atomic E-state index is 0.363. The average molecular weight is 252 g/mol. The van der Waals surface area contributed by atoms with Crippen molar-refractivity contribution in [1.82, 2.24) is 0 Å². The van der Waals surface area contributed by atoms with Crippen LogP contribution in [0.1, 0.15) is 26.3 Å². The number of carboxylic acids is 1. The molecule has 1 N–H and O–H groups in total. The van der Waals surface area contributed by atoms with Gasteiger partial charge in [0.2, 0.25) is 0 Å². The summed E-state index contributed by atoms with van der Waals surface area (Å²) in [6.45, 7) is 5.81. The Balaban J connectivity index is 3.15. The van der Waals surface area contributed by atoms with Crippen molar-refractivity contribution in [2.75, 3.05) is 13.7 Å². The molecule has 0 aliphatic carbocycles. The van der Waals surface area contributed by atoms with Crippen LogP contribution in [0.4, 0.5) is 0 Å². The van der Waals surface area contributed by atoms with Gasteiger partial charge in [0.05, 0.1) is 19.1 Å². The molecule has 0 spiro atoms. The first-order valence-electron chi connectivity index (χ1n) is 5.94. The van der Waals surface area contributed by atoms with E-state index in [9.17, 15) is 9.90 Å². The Morgan fingerprint density at radius 3 is 2.44 bits per heavy atom. The maximum atomic E-state index is 11.2. The van der Waals surface area contributed by atoms with Crippen LogP contribution in [0.15, 0.2) is 18.2 Å². The van der Waals surface area contributed by atoms with E-state index in [1.165, 1.54) is 0 Å². The van der Waals surface area contributed by atoms with Crippen LogP contribution in [-0.2, 0) is 11.2 Å². The highest BCUT2D eigenvalue weighted by atomic mass is 16.5. The van der Waals surface area contributed by atoms with Crippen molar-refractivity contribution >= 4 is 5.97 Å². The molecule has 0 heterocycles. The van der Waals surface area contributed by atoms with E-state index < -0.39 is 11.4 Å². The zero-order chi connectivity index (χ0) is 13.8. The van der Waals surface area contributed by atoms with Crippen LogP contribution in [-0.4, -0.2) is 24.8 Å². The van der Waals surface area contributed by atoms with Gasteiger partial charge >= 0.3 is 5.97 Å². The van der Waals surface area contributed by atoms with Gasteiger partial charge in [0.25, 0.3) is 0 Å². The lowest BCUT2D eigenvalue weighted by Crippen LogP contribution is -2.26. The van der Waals surface area contributed by atoms with E-state index in [1.54, 1.807) is 21.0 Å². The van der Waals surface area contributed by atoms with Crippen LogP contribution in [0.25, 0.3) is 0 Å². The summed E-state index contributed by atoms with van der Waals surface area (Å²) in [7, 11) is 1.57. The second-order valence-corrected chi connectivity index (χ2v) is 4.74. The predicted octanol–water partition coefficient (Wildman–Crippen LogP) is 2.75. The lowest BCUT2D eigenvalue weighted by Gasteiger charge is -2.22. The maximum Gasteiger partial charge on any atom is 0.309 e. The van der Waals surface area contributed by atoms with Gasteiger partial charge in [-0.1, -0.05) is 6.07 Å². The van der Waals surface area contributed by atoms with Crippen LogP contribution in [0.5, 0.6) is 11.5 Å². The fourth-order valence-corrected chi connectivity index (χ4v) is 1.72. The third-order valence-electron chi connectivity index (χ3n) is 2.81. The number of aliphatic carboxylic acids is 1. The fraction of sp³-hybridized carbons (Fsp3) is 0.500. The first-order chi connectivity index (χ1) is 8.42. The van der Waals surface area contributed by atoms with E-state index >= 15 is 0 Å². The summed E-state index contributed by atoms with van der Waals surface area (Å²) < 4.78 is 10.8. The summed E-state index contributed by atoms with van der Waals surface area (Å²) in [5.41, 5.74) is -0.0604. The summed E-state index contributed by atoms with van der Waals surface area (Å²) in [5.74, 6) is 0.511. The minimum atomic E-state index is -0.861. The summed E-state index contributed by atoms with van der Waals surface area (Å²) in [5, 5.41) is 9.21. The van der Waals surface area contributed by atoms with Crippen molar-refractivity contribution in [3.05, 3.63) is 23.8 Å². The van der Waals surface area contributed by atoms with Crippen LogP contribution >= 0.6 is 0 Å². The largest absolute Gasteiger partial charge is 0.496 e. The molecule has 0 amide bonds. The van der Waals surface area contributed by atoms with E-state index in [4.69, 9.17) is 9.47 Å². The molecule has 1 aromatic rings. The molecule has 0 bridgehead atoms. The van der Waals surface area contributed by atoms with Gasteiger partial charge < -0.3 is 14.6 Å². The number of hydrogen-bond acceptors (Lipinski definition) is 3. The Morgan fingerprint density at radius 2 is 1.94 bits per heavy atom. The molecule has 0 aromatic heterocycles. The molecule has 0 radical (unpaired) electrons. The Bertz CT molecular complexity index is 424. The highest BCUT2D eigenvalue weighted by molar-refractivity contribution is 5.74. The van der Waals surface area contributed by atoms with E-state index in [2.05, 4.69) is 0 Å². The molecule has 1 aromatic carbocycles. The monoisotopic (exact) mass is 252 g/mol. The third kappa shape index (κ3) is 3.15. The molecule has 18 heavy (non-hydrogen) atoms. The number of benzene rings is 1. The van der Waals surface area contributed by atoms with Crippen molar-refractivity contribution in [2.45, 2.75) is 27.2 Å². The first-order valence-corrected chi connectivity index (χ1v) is 5.94. The molecular formula is C14H20O4. The molecule has 0 aliphatic rings. The first kappa shape index (κ1) is 14.4. The summed E-state index contributed by atoms with van der Waals surface area (Å²) in [6, 6.07) is 5.48. The highest BCUT2D eigenvalue weighted by Gasteiger charge is 2.30. The molecule has 4 heteroatoms. The quantitative estimate of drug-likeness (QED) is 0.845. The van der Waals surface area contributed by atoms with Gasteiger partial charge in [-0.3, -0.25) is 4.79 Å². The van der Waals surface area contributed by atoms with Crippen molar-refractivity contribution in [3.8, 4) is 11.5 Å². The second kappa shape index (κ2) is 5.76. The summed E-state index contributed by atoms with van der Waals surface area (Å²) in [4.78, 5) is 11.2. The molecule has 100 valence electrons. The van der Waals surface area contributed by atoms with Crippen molar-refractivity contribution in [3.63, 3.8) is 0 Å². The van der Waals surface area contributed by atoms with E-state index in [0.29, 0.717) is 24.5 Å². The minimum Gasteiger partial charge on any atom is -0.496 e. The highest BCUT2D eigenvalue weighted by Crippen LogP contribution is 2.34. The zero-order valence-corrected chi connectivity index (χ0v) is 11.3. The predicted molar refractivity (Wildman–Crippen MR) is 69.3 cm³/mol. The zero-order valence-electron chi connectivity index (χ0n) is 11.3. The fourth-order valence-electron chi connectivity index (χ4n) is 1.72. The van der Waals surface area contributed by atoms with Crippen LogP contribution < -0.4 is 9.47 Å². The van der Waals surface area contributed by atoms with Gasteiger partial charge in [0.1, 0.15) is 11.5 Å².